The summed E-state index contributed by atoms with van der Waals surface area (Å²) in [5.41, 5.74) is 4.96. The Morgan fingerprint density at radius 1 is 1.11 bits per heavy atom. The molecule has 1 N–H and O–H groups in total. The molecule has 2 aliphatic heterocycles. The minimum Gasteiger partial charge on any atom is -0.354 e. The fraction of sp³-hybridized carbons (Fsp3) is 0.429. The van der Waals surface area contributed by atoms with E-state index in [1.165, 1.54) is 10.9 Å². The van der Waals surface area contributed by atoms with Crippen LogP contribution < -0.4 is 10.2 Å². The zero-order valence-electron chi connectivity index (χ0n) is 21.3. The fourth-order valence-corrected chi connectivity index (χ4v) is 5.93. The molecule has 1 aromatic heterocycles. The maximum atomic E-state index is 13.5. The molecule has 7 heteroatoms. The highest BCUT2D eigenvalue weighted by Gasteiger charge is 2.42. The second-order valence-corrected chi connectivity index (χ2v) is 10.9. The number of fused-ring (bicyclic) bond motifs is 6. The summed E-state index contributed by atoms with van der Waals surface area (Å²) in [4.78, 5) is 33.0. The summed E-state index contributed by atoms with van der Waals surface area (Å²) in [5, 5.41) is 4.33. The first kappa shape index (κ1) is 23.4. The molecule has 0 saturated heterocycles. The highest BCUT2D eigenvalue weighted by Crippen LogP contribution is 2.44. The molecule has 1 unspecified atom stereocenters. The van der Waals surface area contributed by atoms with E-state index in [1.807, 2.05) is 62.4 Å². The van der Waals surface area contributed by atoms with E-state index in [0.29, 0.717) is 13.1 Å². The van der Waals surface area contributed by atoms with Gasteiger partial charge >= 0.3 is 0 Å². The number of aromatic nitrogens is 1. The van der Waals surface area contributed by atoms with Crippen molar-refractivity contribution in [2.75, 3.05) is 45.7 Å². The smallest absolute Gasteiger partial charge is 0.257 e. The molecule has 1 atom stereocenters. The third-order valence-corrected chi connectivity index (χ3v) is 7.21. The van der Waals surface area contributed by atoms with Gasteiger partial charge in [0.05, 0.1) is 16.9 Å². The molecular weight excluding hydrogens is 438 g/mol. The van der Waals surface area contributed by atoms with Gasteiger partial charge in [-0.25, -0.2) is 0 Å². The first-order chi connectivity index (χ1) is 16.7. The maximum absolute atomic E-state index is 13.5. The zero-order chi connectivity index (χ0) is 24.9. The molecule has 5 rings (SSSR count). The van der Waals surface area contributed by atoms with Gasteiger partial charge in [0.2, 0.25) is 5.91 Å². The summed E-state index contributed by atoms with van der Waals surface area (Å²) in [6.07, 6.45) is 0.532. The Morgan fingerprint density at radius 3 is 2.60 bits per heavy atom. The van der Waals surface area contributed by atoms with Crippen molar-refractivity contribution in [1.29, 1.82) is 0 Å². The molecule has 2 amide bonds. The SMILES string of the molecule is CN(C)CC(C)(C)CNC(=O)Cn1c2c(c3ccccc31)CCN1C(=O)c3ccccc3N(C)C21. The van der Waals surface area contributed by atoms with Crippen LogP contribution in [-0.2, 0) is 17.8 Å². The highest BCUT2D eigenvalue weighted by atomic mass is 16.2. The number of rotatable bonds is 6. The number of amides is 2. The van der Waals surface area contributed by atoms with Gasteiger partial charge < -0.3 is 24.6 Å². The van der Waals surface area contributed by atoms with Gasteiger partial charge in [0, 0.05) is 37.6 Å². The van der Waals surface area contributed by atoms with Crippen LogP contribution in [0.3, 0.4) is 0 Å². The van der Waals surface area contributed by atoms with E-state index in [0.717, 1.165) is 35.4 Å². The Balaban J connectivity index is 1.53. The standard InChI is InChI=1S/C28H35N5O2/c1-28(2,18-30(3)4)17-29-24(34)16-33-23-13-9-6-10-19(23)20-14-15-32-26(25(20)33)31(5)22-12-8-7-11-21(22)27(32)35/h6-13,26H,14-18H2,1-5H3,(H,29,34). The molecule has 3 heterocycles. The van der Waals surface area contributed by atoms with Crippen LogP contribution in [0.1, 0.15) is 41.6 Å². The zero-order valence-corrected chi connectivity index (χ0v) is 21.3. The van der Waals surface area contributed by atoms with Gasteiger partial charge in [-0.2, -0.15) is 0 Å². The van der Waals surface area contributed by atoms with Crippen LogP contribution in [0.15, 0.2) is 48.5 Å². The van der Waals surface area contributed by atoms with Gasteiger partial charge in [0.1, 0.15) is 12.7 Å². The summed E-state index contributed by atoms with van der Waals surface area (Å²) < 4.78 is 2.13. The molecule has 0 saturated carbocycles. The van der Waals surface area contributed by atoms with Crippen molar-refractivity contribution in [2.24, 2.45) is 5.41 Å². The van der Waals surface area contributed by atoms with Crippen LogP contribution in [0.5, 0.6) is 0 Å². The number of hydrogen-bond acceptors (Lipinski definition) is 4. The van der Waals surface area contributed by atoms with E-state index in [1.54, 1.807) is 0 Å². The predicted octanol–water partition coefficient (Wildman–Crippen LogP) is 3.49. The normalized spacial score (nSPS) is 17.4. The van der Waals surface area contributed by atoms with E-state index < -0.39 is 0 Å². The molecule has 0 fully saturated rings. The quantitative estimate of drug-likeness (QED) is 0.595. The van der Waals surface area contributed by atoms with Gasteiger partial charge in [0.15, 0.2) is 0 Å². The molecule has 184 valence electrons. The number of para-hydroxylation sites is 2. The molecule has 0 radical (unpaired) electrons. The van der Waals surface area contributed by atoms with Crippen molar-refractivity contribution in [1.82, 2.24) is 19.7 Å². The van der Waals surface area contributed by atoms with Gasteiger partial charge in [-0.1, -0.05) is 44.2 Å². The van der Waals surface area contributed by atoms with E-state index in [9.17, 15) is 9.59 Å². The maximum Gasteiger partial charge on any atom is 0.257 e. The number of anilines is 1. The first-order valence-electron chi connectivity index (χ1n) is 12.3. The van der Waals surface area contributed by atoms with Crippen LogP contribution in [0.4, 0.5) is 5.69 Å². The topological polar surface area (TPSA) is 60.8 Å². The van der Waals surface area contributed by atoms with E-state index >= 15 is 0 Å². The summed E-state index contributed by atoms with van der Waals surface area (Å²) >= 11 is 0. The Kier molecular flexibility index (Phi) is 5.83. The monoisotopic (exact) mass is 473 g/mol. The number of hydrogen-bond donors (Lipinski definition) is 1. The Hall–Kier alpha value is -3.32. The van der Waals surface area contributed by atoms with E-state index in [-0.39, 0.29) is 29.9 Å². The van der Waals surface area contributed by atoms with Crippen molar-refractivity contribution < 1.29 is 9.59 Å². The number of benzene rings is 2. The second-order valence-electron chi connectivity index (χ2n) is 10.9. The van der Waals surface area contributed by atoms with E-state index in [2.05, 4.69) is 45.7 Å². The lowest BCUT2D eigenvalue weighted by molar-refractivity contribution is -0.122. The average Bonchev–Trinajstić information content (AvgIpc) is 3.14. The summed E-state index contributed by atoms with van der Waals surface area (Å²) in [6, 6.07) is 16.1. The number of nitrogens with one attached hydrogen (secondary N) is 1. The molecule has 0 bridgehead atoms. The molecule has 3 aromatic rings. The third-order valence-electron chi connectivity index (χ3n) is 7.21. The lowest BCUT2D eigenvalue weighted by Gasteiger charge is -2.46. The molecule has 2 aromatic carbocycles. The van der Waals surface area contributed by atoms with Crippen molar-refractivity contribution >= 4 is 28.4 Å². The predicted molar refractivity (Wildman–Crippen MR) is 140 cm³/mol. The average molecular weight is 474 g/mol. The summed E-state index contributed by atoms with van der Waals surface area (Å²) in [5.74, 6) is 0.0451. The molecule has 0 aliphatic carbocycles. The highest BCUT2D eigenvalue weighted by molar-refractivity contribution is 6.02. The van der Waals surface area contributed by atoms with E-state index in [4.69, 9.17) is 0 Å². The molecule has 0 spiro atoms. The molecular formula is C28H35N5O2. The number of carbonyl (C=O) groups is 2. The van der Waals surface area contributed by atoms with Crippen LogP contribution in [0, 0.1) is 5.41 Å². The lowest BCUT2D eigenvalue weighted by Crippen LogP contribution is -2.51. The first-order valence-corrected chi connectivity index (χ1v) is 12.3. The van der Waals surface area contributed by atoms with Crippen LogP contribution >= 0.6 is 0 Å². The fourth-order valence-electron chi connectivity index (χ4n) is 5.93. The van der Waals surface area contributed by atoms with Crippen LogP contribution in [-0.4, -0.2) is 67.0 Å². The van der Waals surface area contributed by atoms with Crippen LogP contribution in [0.2, 0.25) is 0 Å². The van der Waals surface area contributed by atoms with Crippen molar-refractivity contribution in [3.8, 4) is 0 Å². The van der Waals surface area contributed by atoms with Gasteiger partial charge in [-0.3, -0.25) is 9.59 Å². The van der Waals surface area contributed by atoms with Gasteiger partial charge in [0.25, 0.3) is 5.91 Å². The minimum atomic E-state index is -0.244. The number of carbonyl (C=O) groups excluding carboxylic acids is 2. The molecule has 2 aliphatic rings. The second kappa shape index (κ2) is 8.72. The van der Waals surface area contributed by atoms with Gasteiger partial charge in [-0.05, 0) is 49.7 Å². The van der Waals surface area contributed by atoms with Crippen molar-refractivity contribution in [2.45, 2.75) is 33.0 Å². The van der Waals surface area contributed by atoms with Crippen molar-refractivity contribution in [3.63, 3.8) is 0 Å². The minimum absolute atomic E-state index is 0.0114. The summed E-state index contributed by atoms with van der Waals surface area (Å²) in [7, 11) is 6.14. The molecule has 35 heavy (non-hydrogen) atoms. The number of nitrogens with zero attached hydrogens (tertiary/aromatic N) is 4. The molecule has 7 nitrogen and oxygen atoms in total. The Morgan fingerprint density at radius 2 is 1.83 bits per heavy atom. The van der Waals surface area contributed by atoms with Gasteiger partial charge in [-0.15, -0.1) is 0 Å². The lowest BCUT2D eigenvalue weighted by atomic mass is 9.93. The largest absolute Gasteiger partial charge is 0.354 e. The van der Waals surface area contributed by atoms with Crippen LogP contribution in [0.25, 0.3) is 10.9 Å². The Labute approximate surface area is 207 Å². The van der Waals surface area contributed by atoms with Crippen molar-refractivity contribution in [3.05, 3.63) is 65.4 Å². The third kappa shape index (κ3) is 4.08. The summed E-state index contributed by atoms with van der Waals surface area (Å²) in [6.45, 7) is 6.71. The Bertz CT molecular complexity index is 1290.